The molecule has 1 aliphatic rings. The summed E-state index contributed by atoms with van der Waals surface area (Å²) in [6, 6.07) is 9.04. The largest absolute Gasteiger partial charge is 0.308 e. The van der Waals surface area contributed by atoms with E-state index < -0.39 is 0 Å². The van der Waals surface area contributed by atoms with Crippen LogP contribution in [0.4, 0.5) is 0 Å². The fourth-order valence-corrected chi connectivity index (χ4v) is 3.38. The van der Waals surface area contributed by atoms with Gasteiger partial charge in [-0.05, 0) is 32.4 Å². The minimum absolute atomic E-state index is 0.474. The highest BCUT2D eigenvalue weighted by molar-refractivity contribution is 7.10. The molecule has 18 heavy (non-hydrogen) atoms. The summed E-state index contributed by atoms with van der Waals surface area (Å²) in [5.41, 5.74) is 3.64. The summed E-state index contributed by atoms with van der Waals surface area (Å²) in [5.74, 6) is 0. The first-order valence-corrected chi connectivity index (χ1v) is 7.47. The van der Waals surface area contributed by atoms with Crippen LogP contribution in [0.2, 0.25) is 0 Å². The second-order valence-corrected chi connectivity index (χ2v) is 5.83. The normalized spacial score (nSPS) is 19.9. The van der Waals surface area contributed by atoms with Crippen LogP contribution in [-0.4, -0.2) is 11.5 Å². The van der Waals surface area contributed by atoms with Crippen molar-refractivity contribution in [1.29, 1.82) is 0 Å². The Kier molecular flexibility index (Phi) is 3.43. The molecule has 0 aliphatic carbocycles. The van der Waals surface area contributed by atoms with Gasteiger partial charge in [-0.25, -0.2) is 4.98 Å². The standard InChI is InChI=1S/C15H18N2S/c1-11-5-4-6-12(9-11)14-10-18-15(17-14)13-7-2-3-8-16-13/h4-6,9-10,13,16H,2-3,7-8H2,1H3. The number of aromatic nitrogens is 1. The Bertz CT molecular complexity index is 527. The highest BCUT2D eigenvalue weighted by Crippen LogP contribution is 2.29. The van der Waals surface area contributed by atoms with E-state index in [1.54, 1.807) is 11.3 Å². The molecule has 1 aromatic heterocycles. The third-order valence-corrected chi connectivity index (χ3v) is 4.40. The number of piperidine rings is 1. The topological polar surface area (TPSA) is 24.9 Å². The van der Waals surface area contributed by atoms with E-state index in [0.717, 1.165) is 12.2 Å². The molecule has 0 spiro atoms. The van der Waals surface area contributed by atoms with Crippen molar-refractivity contribution in [2.24, 2.45) is 0 Å². The summed E-state index contributed by atoms with van der Waals surface area (Å²) in [7, 11) is 0. The second kappa shape index (κ2) is 5.21. The van der Waals surface area contributed by atoms with E-state index >= 15 is 0 Å². The van der Waals surface area contributed by atoms with Crippen molar-refractivity contribution in [3.8, 4) is 11.3 Å². The average molecular weight is 258 g/mol. The van der Waals surface area contributed by atoms with Crippen molar-refractivity contribution in [3.05, 3.63) is 40.2 Å². The quantitative estimate of drug-likeness (QED) is 0.882. The highest BCUT2D eigenvalue weighted by atomic mass is 32.1. The van der Waals surface area contributed by atoms with Gasteiger partial charge in [0.2, 0.25) is 0 Å². The number of rotatable bonds is 2. The lowest BCUT2D eigenvalue weighted by Crippen LogP contribution is -2.26. The number of hydrogen-bond acceptors (Lipinski definition) is 3. The Hall–Kier alpha value is -1.19. The molecule has 94 valence electrons. The molecule has 1 unspecified atom stereocenters. The Labute approximate surface area is 112 Å². The van der Waals surface area contributed by atoms with Gasteiger partial charge >= 0.3 is 0 Å². The van der Waals surface area contributed by atoms with Crippen LogP contribution >= 0.6 is 11.3 Å². The SMILES string of the molecule is Cc1cccc(-c2csc(C3CCCCN3)n2)c1. The predicted molar refractivity (Wildman–Crippen MR) is 76.9 cm³/mol. The first-order valence-electron chi connectivity index (χ1n) is 6.59. The number of aryl methyl sites for hydroxylation is 1. The van der Waals surface area contributed by atoms with Gasteiger partial charge in [-0.1, -0.05) is 30.2 Å². The number of nitrogens with one attached hydrogen (secondary N) is 1. The number of nitrogens with zero attached hydrogens (tertiary/aromatic N) is 1. The minimum Gasteiger partial charge on any atom is -0.308 e. The van der Waals surface area contributed by atoms with Gasteiger partial charge in [-0.3, -0.25) is 0 Å². The highest BCUT2D eigenvalue weighted by Gasteiger charge is 2.18. The summed E-state index contributed by atoms with van der Waals surface area (Å²) in [6.07, 6.45) is 3.84. The van der Waals surface area contributed by atoms with Crippen molar-refractivity contribution in [3.63, 3.8) is 0 Å². The van der Waals surface area contributed by atoms with Gasteiger partial charge in [0.25, 0.3) is 0 Å². The summed E-state index contributed by atoms with van der Waals surface area (Å²) >= 11 is 1.78. The maximum atomic E-state index is 4.80. The molecule has 2 aromatic rings. The van der Waals surface area contributed by atoms with E-state index in [4.69, 9.17) is 4.98 Å². The number of hydrogen-bond donors (Lipinski definition) is 1. The van der Waals surface area contributed by atoms with E-state index in [0.29, 0.717) is 6.04 Å². The maximum Gasteiger partial charge on any atom is 0.110 e. The summed E-state index contributed by atoms with van der Waals surface area (Å²) in [4.78, 5) is 4.80. The lowest BCUT2D eigenvalue weighted by atomic mass is 10.1. The second-order valence-electron chi connectivity index (χ2n) is 4.94. The van der Waals surface area contributed by atoms with Crippen LogP contribution in [0, 0.1) is 6.92 Å². The van der Waals surface area contributed by atoms with Gasteiger partial charge in [-0.15, -0.1) is 11.3 Å². The molecule has 1 N–H and O–H groups in total. The van der Waals surface area contributed by atoms with Gasteiger partial charge in [0.1, 0.15) is 5.01 Å². The third kappa shape index (κ3) is 2.47. The number of benzene rings is 1. The van der Waals surface area contributed by atoms with Crippen LogP contribution in [0.5, 0.6) is 0 Å². The molecule has 0 amide bonds. The van der Waals surface area contributed by atoms with Crippen molar-refractivity contribution in [2.45, 2.75) is 32.2 Å². The molecule has 1 aliphatic heterocycles. The molecule has 0 bridgehead atoms. The van der Waals surface area contributed by atoms with E-state index in [1.165, 1.54) is 35.4 Å². The lowest BCUT2D eigenvalue weighted by Gasteiger charge is -2.21. The molecular formula is C15H18N2S. The monoisotopic (exact) mass is 258 g/mol. The molecule has 3 rings (SSSR count). The Morgan fingerprint density at radius 2 is 2.28 bits per heavy atom. The van der Waals surface area contributed by atoms with Crippen LogP contribution in [0.25, 0.3) is 11.3 Å². The Morgan fingerprint density at radius 1 is 1.33 bits per heavy atom. The van der Waals surface area contributed by atoms with Gasteiger partial charge in [0.15, 0.2) is 0 Å². The van der Waals surface area contributed by atoms with E-state index in [-0.39, 0.29) is 0 Å². The van der Waals surface area contributed by atoms with Crippen LogP contribution < -0.4 is 5.32 Å². The molecular weight excluding hydrogens is 240 g/mol. The minimum atomic E-state index is 0.474. The molecule has 1 aromatic carbocycles. The smallest absolute Gasteiger partial charge is 0.110 e. The van der Waals surface area contributed by atoms with Crippen molar-refractivity contribution in [2.75, 3.05) is 6.54 Å². The van der Waals surface area contributed by atoms with Crippen LogP contribution in [-0.2, 0) is 0 Å². The number of thiazole rings is 1. The third-order valence-electron chi connectivity index (χ3n) is 3.44. The van der Waals surface area contributed by atoms with Crippen molar-refractivity contribution < 1.29 is 0 Å². The van der Waals surface area contributed by atoms with Crippen molar-refractivity contribution >= 4 is 11.3 Å². The van der Waals surface area contributed by atoms with Gasteiger partial charge in [-0.2, -0.15) is 0 Å². The van der Waals surface area contributed by atoms with Gasteiger partial charge in [0, 0.05) is 10.9 Å². The maximum absolute atomic E-state index is 4.80. The molecule has 1 saturated heterocycles. The summed E-state index contributed by atoms with van der Waals surface area (Å²) < 4.78 is 0. The summed E-state index contributed by atoms with van der Waals surface area (Å²) in [6.45, 7) is 3.25. The Morgan fingerprint density at radius 3 is 3.06 bits per heavy atom. The zero-order chi connectivity index (χ0) is 12.4. The fraction of sp³-hybridized carbons (Fsp3) is 0.400. The van der Waals surface area contributed by atoms with E-state index in [1.807, 2.05) is 0 Å². The molecule has 0 saturated carbocycles. The molecule has 3 heteroatoms. The fourth-order valence-electron chi connectivity index (χ4n) is 2.45. The zero-order valence-electron chi connectivity index (χ0n) is 10.6. The van der Waals surface area contributed by atoms with Crippen LogP contribution in [0.1, 0.15) is 35.9 Å². The van der Waals surface area contributed by atoms with Crippen molar-refractivity contribution in [1.82, 2.24) is 10.3 Å². The van der Waals surface area contributed by atoms with Crippen LogP contribution in [0.15, 0.2) is 29.6 Å². The van der Waals surface area contributed by atoms with Gasteiger partial charge in [0.05, 0.1) is 11.7 Å². The first kappa shape index (κ1) is 11.9. The molecule has 1 atom stereocenters. The zero-order valence-corrected chi connectivity index (χ0v) is 11.5. The molecule has 1 fully saturated rings. The molecule has 2 nitrogen and oxygen atoms in total. The average Bonchev–Trinajstić information content (AvgIpc) is 2.89. The lowest BCUT2D eigenvalue weighted by molar-refractivity contribution is 0.411. The molecule has 2 heterocycles. The molecule has 0 radical (unpaired) electrons. The van der Waals surface area contributed by atoms with E-state index in [9.17, 15) is 0 Å². The van der Waals surface area contributed by atoms with Gasteiger partial charge < -0.3 is 5.32 Å². The van der Waals surface area contributed by atoms with E-state index in [2.05, 4.69) is 41.9 Å². The van der Waals surface area contributed by atoms with Crippen LogP contribution in [0.3, 0.4) is 0 Å². The summed E-state index contributed by atoms with van der Waals surface area (Å²) in [5, 5.41) is 6.98. The first-order chi connectivity index (χ1) is 8.83. The predicted octanol–water partition coefficient (Wildman–Crippen LogP) is 3.93. The Balaban J connectivity index is 1.84.